The summed E-state index contributed by atoms with van der Waals surface area (Å²) in [6, 6.07) is 6.28. The Labute approximate surface area is 118 Å². The Morgan fingerprint density at radius 2 is 2.00 bits per heavy atom. The van der Waals surface area contributed by atoms with Crippen LogP contribution in [0, 0.1) is 0 Å². The molecule has 2 rings (SSSR count). The van der Waals surface area contributed by atoms with Crippen LogP contribution in [0.2, 0.25) is 0 Å². The van der Waals surface area contributed by atoms with Gasteiger partial charge >= 0.3 is 0 Å². The molecule has 1 aliphatic rings. The highest BCUT2D eigenvalue weighted by Gasteiger charge is 2.25. The van der Waals surface area contributed by atoms with Gasteiger partial charge in [0.2, 0.25) is 0 Å². The molecule has 0 saturated heterocycles. The van der Waals surface area contributed by atoms with Crippen molar-refractivity contribution in [3.8, 4) is 5.75 Å². The third-order valence-corrected chi connectivity index (χ3v) is 4.51. The molecule has 2 nitrogen and oxygen atoms in total. The fraction of sp³-hybridized carbons (Fsp3) is 0.600. The molecule has 0 aromatic heterocycles. The monoisotopic (exact) mass is 311 g/mol. The first kappa shape index (κ1) is 13.9. The van der Waals surface area contributed by atoms with Gasteiger partial charge in [-0.05, 0) is 53.4 Å². The van der Waals surface area contributed by atoms with Crippen molar-refractivity contribution >= 4 is 15.9 Å². The van der Waals surface area contributed by atoms with E-state index < -0.39 is 0 Å². The minimum atomic E-state index is 0.324. The van der Waals surface area contributed by atoms with E-state index in [2.05, 4.69) is 40.3 Å². The molecule has 18 heavy (non-hydrogen) atoms. The highest BCUT2D eigenvalue weighted by atomic mass is 79.9. The second kappa shape index (κ2) is 6.07. The number of methoxy groups -OCH3 is 1. The molecule has 0 aliphatic heterocycles. The molecule has 0 unspecified atom stereocenters. The minimum absolute atomic E-state index is 0.324. The van der Waals surface area contributed by atoms with E-state index >= 15 is 0 Å². The Hall–Kier alpha value is -0.540. The maximum absolute atomic E-state index is 5.25. The maximum atomic E-state index is 5.25. The molecule has 0 heterocycles. The van der Waals surface area contributed by atoms with Gasteiger partial charge in [0.25, 0.3) is 0 Å². The molecule has 0 radical (unpaired) electrons. The van der Waals surface area contributed by atoms with Gasteiger partial charge in [-0.15, -0.1) is 0 Å². The van der Waals surface area contributed by atoms with Crippen molar-refractivity contribution in [3.63, 3.8) is 0 Å². The van der Waals surface area contributed by atoms with E-state index in [1.807, 2.05) is 6.07 Å². The van der Waals surface area contributed by atoms with Crippen molar-refractivity contribution in [2.45, 2.75) is 51.1 Å². The second-order valence-corrected chi connectivity index (χ2v) is 6.30. The van der Waals surface area contributed by atoms with Crippen LogP contribution in [-0.4, -0.2) is 12.6 Å². The van der Waals surface area contributed by atoms with Gasteiger partial charge in [0, 0.05) is 12.1 Å². The number of benzene rings is 1. The lowest BCUT2D eigenvalue weighted by molar-refractivity contribution is 0.252. The van der Waals surface area contributed by atoms with Crippen molar-refractivity contribution in [1.29, 1.82) is 0 Å². The molecule has 3 heteroatoms. The van der Waals surface area contributed by atoms with Crippen molar-refractivity contribution < 1.29 is 4.74 Å². The molecule has 1 fully saturated rings. The summed E-state index contributed by atoms with van der Waals surface area (Å²) in [5, 5.41) is 3.72. The van der Waals surface area contributed by atoms with E-state index in [9.17, 15) is 0 Å². The van der Waals surface area contributed by atoms with Gasteiger partial charge in [-0.1, -0.05) is 25.3 Å². The van der Waals surface area contributed by atoms with Gasteiger partial charge < -0.3 is 10.1 Å². The average molecular weight is 312 g/mol. The largest absolute Gasteiger partial charge is 0.496 e. The summed E-state index contributed by atoms with van der Waals surface area (Å²) in [5.41, 5.74) is 1.62. The molecule has 0 bridgehead atoms. The fourth-order valence-corrected chi connectivity index (χ4v) is 3.23. The van der Waals surface area contributed by atoms with Crippen molar-refractivity contribution in [2.75, 3.05) is 7.11 Å². The van der Waals surface area contributed by atoms with Crippen LogP contribution in [0.4, 0.5) is 0 Å². The summed E-state index contributed by atoms with van der Waals surface area (Å²) in [4.78, 5) is 0. The molecule has 1 N–H and O–H groups in total. The zero-order valence-corrected chi connectivity index (χ0v) is 12.8. The molecule has 0 amide bonds. The zero-order valence-electron chi connectivity index (χ0n) is 11.3. The predicted octanol–water partition coefficient (Wildman–Crippen LogP) is 4.27. The van der Waals surface area contributed by atoms with Crippen molar-refractivity contribution in [2.24, 2.45) is 0 Å². The molecule has 1 aliphatic carbocycles. The molecule has 1 aromatic carbocycles. The SMILES string of the molecule is COc1ccc(CNC2(C)CCCCC2)cc1Br. The smallest absolute Gasteiger partial charge is 0.133 e. The molecule has 1 aromatic rings. The van der Waals surface area contributed by atoms with Crippen molar-refractivity contribution in [3.05, 3.63) is 28.2 Å². The molecule has 0 atom stereocenters. The van der Waals surface area contributed by atoms with Gasteiger partial charge in [-0.3, -0.25) is 0 Å². The fourth-order valence-electron chi connectivity index (χ4n) is 2.64. The Bertz CT molecular complexity index is 399. The summed E-state index contributed by atoms with van der Waals surface area (Å²) in [7, 11) is 1.70. The number of halogens is 1. The summed E-state index contributed by atoms with van der Waals surface area (Å²) in [5.74, 6) is 0.891. The maximum Gasteiger partial charge on any atom is 0.133 e. The van der Waals surface area contributed by atoms with Crippen LogP contribution < -0.4 is 10.1 Å². The van der Waals surface area contributed by atoms with Crippen LogP contribution in [0.15, 0.2) is 22.7 Å². The van der Waals surface area contributed by atoms with E-state index in [1.165, 1.54) is 37.7 Å². The Morgan fingerprint density at radius 1 is 1.28 bits per heavy atom. The van der Waals surface area contributed by atoms with Crippen LogP contribution in [0.25, 0.3) is 0 Å². The minimum Gasteiger partial charge on any atom is -0.496 e. The van der Waals surface area contributed by atoms with Gasteiger partial charge in [-0.2, -0.15) is 0 Å². The van der Waals surface area contributed by atoms with Gasteiger partial charge in [0.05, 0.1) is 11.6 Å². The van der Waals surface area contributed by atoms with Crippen LogP contribution in [-0.2, 0) is 6.54 Å². The van der Waals surface area contributed by atoms with Gasteiger partial charge in [0.15, 0.2) is 0 Å². The summed E-state index contributed by atoms with van der Waals surface area (Å²) < 4.78 is 6.27. The van der Waals surface area contributed by atoms with E-state index in [1.54, 1.807) is 7.11 Å². The first-order valence-corrected chi connectivity index (χ1v) is 7.50. The van der Waals surface area contributed by atoms with E-state index in [0.29, 0.717) is 5.54 Å². The summed E-state index contributed by atoms with van der Waals surface area (Å²) in [6.45, 7) is 3.28. The quantitative estimate of drug-likeness (QED) is 0.896. The van der Waals surface area contributed by atoms with E-state index in [0.717, 1.165) is 16.8 Å². The van der Waals surface area contributed by atoms with Crippen LogP contribution in [0.1, 0.15) is 44.6 Å². The predicted molar refractivity (Wildman–Crippen MR) is 79.0 cm³/mol. The summed E-state index contributed by atoms with van der Waals surface area (Å²) >= 11 is 3.53. The van der Waals surface area contributed by atoms with Gasteiger partial charge in [-0.25, -0.2) is 0 Å². The standard InChI is InChI=1S/C15H22BrNO/c1-15(8-4-3-5-9-15)17-11-12-6-7-14(18-2)13(16)10-12/h6-7,10,17H,3-5,8-9,11H2,1-2H3. The number of hydrogen-bond acceptors (Lipinski definition) is 2. The number of rotatable bonds is 4. The topological polar surface area (TPSA) is 21.3 Å². The summed E-state index contributed by atoms with van der Waals surface area (Å²) in [6.07, 6.45) is 6.70. The average Bonchev–Trinajstić information content (AvgIpc) is 2.38. The molecule has 0 spiro atoms. The van der Waals surface area contributed by atoms with Crippen molar-refractivity contribution in [1.82, 2.24) is 5.32 Å². The third kappa shape index (κ3) is 3.48. The normalized spacial score (nSPS) is 18.6. The second-order valence-electron chi connectivity index (χ2n) is 5.44. The zero-order chi connectivity index (χ0) is 13.0. The number of ether oxygens (including phenoxy) is 1. The highest BCUT2D eigenvalue weighted by Crippen LogP contribution is 2.29. The molecular weight excluding hydrogens is 290 g/mol. The lowest BCUT2D eigenvalue weighted by Gasteiger charge is -2.35. The first-order chi connectivity index (χ1) is 8.63. The van der Waals surface area contributed by atoms with Crippen LogP contribution >= 0.6 is 15.9 Å². The Morgan fingerprint density at radius 3 is 2.61 bits per heavy atom. The number of nitrogens with one attached hydrogen (secondary N) is 1. The molecule has 1 saturated carbocycles. The lowest BCUT2D eigenvalue weighted by atomic mass is 9.83. The highest BCUT2D eigenvalue weighted by molar-refractivity contribution is 9.10. The Balaban J connectivity index is 1.95. The Kier molecular flexibility index (Phi) is 4.68. The lowest BCUT2D eigenvalue weighted by Crippen LogP contribution is -2.43. The molecule has 100 valence electrons. The van der Waals surface area contributed by atoms with Gasteiger partial charge in [0.1, 0.15) is 5.75 Å². The first-order valence-electron chi connectivity index (χ1n) is 6.70. The van der Waals surface area contributed by atoms with Crippen LogP contribution in [0.3, 0.4) is 0 Å². The third-order valence-electron chi connectivity index (χ3n) is 3.89. The van der Waals surface area contributed by atoms with E-state index in [-0.39, 0.29) is 0 Å². The molecular formula is C15H22BrNO. The number of hydrogen-bond donors (Lipinski definition) is 1. The van der Waals surface area contributed by atoms with E-state index in [4.69, 9.17) is 4.74 Å². The van der Waals surface area contributed by atoms with Crippen LogP contribution in [0.5, 0.6) is 5.75 Å².